The molecule has 3 fully saturated rings. The van der Waals surface area contributed by atoms with E-state index in [0.717, 1.165) is 29.3 Å². The SMILES string of the molecule is O=C(N[C@@H](Cc1ccccc1)[C@H](O)CN(OC1CCCC1)S(=O)(=O)c1ccc(O)cc1)OC1CO[C@H]2OCC[C@@H]12. The normalized spacial score (nSPS) is 24.6. The molecule has 2 aromatic carbocycles. The van der Waals surface area contributed by atoms with Gasteiger partial charge >= 0.3 is 6.09 Å². The summed E-state index contributed by atoms with van der Waals surface area (Å²) in [7, 11) is -4.20. The predicted octanol–water partition coefficient (Wildman–Crippen LogP) is 2.72. The van der Waals surface area contributed by atoms with Crippen molar-refractivity contribution in [3.05, 3.63) is 60.2 Å². The first-order chi connectivity index (χ1) is 19.3. The summed E-state index contributed by atoms with van der Waals surface area (Å²) in [5, 5.41) is 23.8. The number of alkyl carbamates (subject to hydrolysis) is 1. The van der Waals surface area contributed by atoms with Crippen LogP contribution in [0.1, 0.15) is 37.7 Å². The van der Waals surface area contributed by atoms with Crippen LogP contribution in [0.3, 0.4) is 0 Å². The Kier molecular flexibility index (Phi) is 9.24. The molecule has 5 atom stereocenters. The lowest BCUT2D eigenvalue weighted by atomic mass is 10.0. The van der Waals surface area contributed by atoms with Gasteiger partial charge in [-0.05, 0) is 55.5 Å². The molecule has 3 N–H and O–H groups in total. The van der Waals surface area contributed by atoms with Crippen molar-refractivity contribution in [3.63, 3.8) is 0 Å². The molecule has 40 heavy (non-hydrogen) atoms. The number of sulfonamides is 1. The van der Waals surface area contributed by atoms with E-state index in [4.69, 9.17) is 19.0 Å². The second-order valence-electron chi connectivity index (χ2n) is 10.5. The van der Waals surface area contributed by atoms with Crippen LogP contribution in [0.5, 0.6) is 5.75 Å². The fourth-order valence-corrected chi connectivity index (χ4v) is 6.69. The van der Waals surface area contributed by atoms with Gasteiger partial charge in [-0.2, -0.15) is 0 Å². The monoisotopic (exact) mass is 576 g/mol. The van der Waals surface area contributed by atoms with Gasteiger partial charge in [0.15, 0.2) is 6.29 Å². The van der Waals surface area contributed by atoms with Crippen molar-refractivity contribution in [2.45, 2.75) is 74.1 Å². The molecule has 1 aliphatic carbocycles. The van der Waals surface area contributed by atoms with E-state index < -0.39 is 40.9 Å². The highest BCUT2D eigenvalue weighted by molar-refractivity contribution is 7.89. The van der Waals surface area contributed by atoms with Gasteiger partial charge in [0.1, 0.15) is 11.9 Å². The molecule has 3 aliphatic rings. The summed E-state index contributed by atoms with van der Waals surface area (Å²) >= 11 is 0. The Labute approximate surface area is 234 Å². The fraction of sp³-hybridized carbons (Fsp3) is 0.536. The summed E-state index contributed by atoms with van der Waals surface area (Å²) in [6.45, 7) is 0.337. The second-order valence-corrected chi connectivity index (χ2v) is 12.3. The molecule has 218 valence electrons. The zero-order chi connectivity index (χ0) is 28.1. The Balaban J connectivity index is 1.33. The Hall–Kier alpha value is -2.74. The van der Waals surface area contributed by atoms with E-state index in [1.807, 2.05) is 30.3 Å². The van der Waals surface area contributed by atoms with Gasteiger partial charge in [-0.25, -0.2) is 13.2 Å². The summed E-state index contributed by atoms with van der Waals surface area (Å²) in [6.07, 6.45) is 0.947. The number of amides is 1. The first-order valence-corrected chi connectivity index (χ1v) is 15.1. The molecule has 2 heterocycles. The standard InChI is InChI=1S/C28H36N2O9S/c31-20-10-12-22(13-11-20)40(34,35)30(39-21-8-4-5-9-21)17-25(32)24(16-19-6-2-1-3-7-19)29-28(33)38-26-18-37-27-23(26)14-15-36-27/h1-3,6-7,10-13,21,23-27,31-32H,4-5,8-9,14-18H2,(H,29,33)/t23-,24-,25+,26?,27+/m0/s1. The number of nitrogens with one attached hydrogen (secondary N) is 1. The average molecular weight is 577 g/mol. The first kappa shape index (κ1) is 28.8. The molecule has 0 spiro atoms. The molecule has 0 radical (unpaired) electrons. The molecule has 0 bridgehead atoms. The third-order valence-electron chi connectivity index (χ3n) is 7.62. The minimum atomic E-state index is -4.20. The van der Waals surface area contributed by atoms with Crippen LogP contribution < -0.4 is 5.32 Å². The summed E-state index contributed by atoms with van der Waals surface area (Å²) in [5.74, 6) is -0.120. The second kappa shape index (κ2) is 12.8. The number of hydrogen-bond acceptors (Lipinski definition) is 9. The molecular weight excluding hydrogens is 540 g/mol. The van der Waals surface area contributed by atoms with Crippen LogP contribution in [0, 0.1) is 5.92 Å². The zero-order valence-electron chi connectivity index (χ0n) is 22.1. The number of aromatic hydroxyl groups is 1. The van der Waals surface area contributed by atoms with Crippen LogP contribution in [0.25, 0.3) is 0 Å². The predicted molar refractivity (Wildman–Crippen MR) is 142 cm³/mol. The van der Waals surface area contributed by atoms with Gasteiger partial charge in [0.05, 0.1) is 48.8 Å². The van der Waals surface area contributed by atoms with E-state index in [9.17, 15) is 23.4 Å². The van der Waals surface area contributed by atoms with Crippen molar-refractivity contribution < 1.29 is 42.5 Å². The molecule has 11 nitrogen and oxygen atoms in total. The number of ether oxygens (including phenoxy) is 3. The largest absolute Gasteiger partial charge is 0.508 e. The van der Waals surface area contributed by atoms with Gasteiger partial charge in [0.25, 0.3) is 10.0 Å². The quantitative estimate of drug-likeness (QED) is 0.344. The average Bonchev–Trinajstić information content (AvgIpc) is 3.70. The smallest absolute Gasteiger partial charge is 0.407 e. The molecule has 12 heteroatoms. The number of fused-ring (bicyclic) bond motifs is 1. The number of benzene rings is 2. The Morgan fingerprint density at radius 3 is 2.50 bits per heavy atom. The van der Waals surface area contributed by atoms with Gasteiger partial charge in [-0.3, -0.25) is 4.84 Å². The first-order valence-electron chi connectivity index (χ1n) is 13.7. The van der Waals surface area contributed by atoms with Crippen molar-refractivity contribution in [2.75, 3.05) is 19.8 Å². The van der Waals surface area contributed by atoms with Gasteiger partial charge < -0.3 is 29.7 Å². The van der Waals surface area contributed by atoms with Crippen molar-refractivity contribution in [1.29, 1.82) is 0 Å². The van der Waals surface area contributed by atoms with E-state index >= 15 is 0 Å². The van der Waals surface area contributed by atoms with Crippen LogP contribution >= 0.6 is 0 Å². The van der Waals surface area contributed by atoms with Crippen molar-refractivity contribution >= 4 is 16.1 Å². The van der Waals surface area contributed by atoms with E-state index in [-0.39, 0.29) is 42.0 Å². The Bertz CT molecular complexity index is 1220. The summed E-state index contributed by atoms with van der Waals surface area (Å²) < 4.78 is 44.7. The number of hydroxylamine groups is 1. The number of carbonyl (C=O) groups excluding carboxylic acids is 1. The van der Waals surface area contributed by atoms with Gasteiger partial charge in [0, 0.05) is 0 Å². The number of aliphatic hydroxyl groups excluding tert-OH is 1. The molecule has 5 rings (SSSR count). The number of phenolic OH excluding ortho intramolecular Hbond substituents is 1. The minimum Gasteiger partial charge on any atom is -0.508 e. The lowest BCUT2D eigenvalue weighted by Gasteiger charge is -2.31. The van der Waals surface area contributed by atoms with Crippen LogP contribution in [0.4, 0.5) is 4.79 Å². The number of phenols is 1. The summed E-state index contributed by atoms with van der Waals surface area (Å²) in [4.78, 5) is 18.8. The Morgan fingerprint density at radius 1 is 1.05 bits per heavy atom. The molecule has 1 unspecified atom stereocenters. The lowest BCUT2D eigenvalue weighted by Crippen LogP contribution is -2.51. The maximum absolute atomic E-state index is 13.6. The number of hydrogen-bond donors (Lipinski definition) is 3. The van der Waals surface area contributed by atoms with E-state index in [0.29, 0.717) is 19.4 Å². The highest BCUT2D eigenvalue weighted by Gasteiger charge is 2.44. The molecular formula is C28H36N2O9S. The highest BCUT2D eigenvalue weighted by Crippen LogP contribution is 2.33. The Morgan fingerprint density at radius 2 is 1.77 bits per heavy atom. The molecule has 2 aromatic rings. The third kappa shape index (κ3) is 6.93. The molecule has 2 saturated heterocycles. The molecule has 2 aliphatic heterocycles. The van der Waals surface area contributed by atoms with Crippen LogP contribution in [-0.2, 0) is 35.5 Å². The number of nitrogens with zero attached hydrogens (tertiary/aromatic N) is 1. The highest BCUT2D eigenvalue weighted by atomic mass is 32.2. The number of rotatable bonds is 11. The van der Waals surface area contributed by atoms with Crippen molar-refractivity contribution in [3.8, 4) is 5.75 Å². The van der Waals surface area contributed by atoms with Gasteiger partial charge in [0.2, 0.25) is 0 Å². The van der Waals surface area contributed by atoms with E-state index in [1.54, 1.807) is 0 Å². The topological polar surface area (TPSA) is 144 Å². The lowest BCUT2D eigenvalue weighted by molar-refractivity contribution is -0.145. The maximum Gasteiger partial charge on any atom is 0.407 e. The molecule has 0 aromatic heterocycles. The number of carbonyl (C=O) groups is 1. The summed E-state index contributed by atoms with van der Waals surface area (Å²) in [6, 6.07) is 13.5. The zero-order valence-corrected chi connectivity index (χ0v) is 22.9. The van der Waals surface area contributed by atoms with Gasteiger partial charge in [-0.15, -0.1) is 0 Å². The van der Waals surface area contributed by atoms with Crippen LogP contribution in [0.2, 0.25) is 0 Å². The maximum atomic E-state index is 13.6. The minimum absolute atomic E-state index is 0.0472. The molecule has 1 saturated carbocycles. The van der Waals surface area contributed by atoms with Gasteiger partial charge in [-0.1, -0.05) is 47.6 Å². The van der Waals surface area contributed by atoms with Crippen molar-refractivity contribution in [2.24, 2.45) is 5.92 Å². The van der Waals surface area contributed by atoms with Crippen LogP contribution in [-0.4, -0.2) is 79.6 Å². The molecule has 1 amide bonds. The number of aliphatic hydroxyl groups is 1. The summed E-state index contributed by atoms with van der Waals surface area (Å²) in [5.41, 5.74) is 0.838. The third-order valence-corrected chi connectivity index (χ3v) is 9.26. The van der Waals surface area contributed by atoms with E-state index in [1.165, 1.54) is 24.3 Å². The van der Waals surface area contributed by atoms with E-state index in [2.05, 4.69) is 5.32 Å². The van der Waals surface area contributed by atoms with Crippen molar-refractivity contribution in [1.82, 2.24) is 9.79 Å². The van der Waals surface area contributed by atoms with Crippen LogP contribution in [0.15, 0.2) is 59.5 Å². The fourth-order valence-electron chi connectivity index (χ4n) is 5.40.